The molecule has 126 valence electrons. The summed E-state index contributed by atoms with van der Waals surface area (Å²) < 4.78 is 12.6. The first-order valence-electron chi connectivity index (χ1n) is 7.81. The zero-order valence-corrected chi connectivity index (χ0v) is 14.6. The molecule has 3 heterocycles. The highest BCUT2D eigenvalue weighted by atomic mass is 32.1. The Bertz CT molecular complexity index is 975. The number of benzene rings is 1. The molecule has 25 heavy (non-hydrogen) atoms. The van der Waals surface area contributed by atoms with E-state index in [1.165, 1.54) is 0 Å². The smallest absolute Gasteiger partial charge is 0.129 e. The molecular formula is C18H16N4O2S. The highest BCUT2D eigenvalue weighted by Gasteiger charge is 2.16. The highest BCUT2D eigenvalue weighted by molar-refractivity contribution is 7.18. The minimum Gasteiger partial charge on any atom is -0.496 e. The molecule has 7 heteroatoms. The van der Waals surface area contributed by atoms with Crippen molar-refractivity contribution in [1.82, 2.24) is 20.0 Å². The SMILES string of the molecule is COc1ccccc1-c1ncc(-c2cn(C(C)c3ccco3)nn2)s1. The number of para-hydroxylation sites is 1. The van der Waals surface area contributed by atoms with Crippen molar-refractivity contribution >= 4 is 11.3 Å². The fourth-order valence-electron chi connectivity index (χ4n) is 2.58. The highest BCUT2D eigenvalue weighted by Crippen LogP contribution is 2.36. The van der Waals surface area contributed by atoms with E-state index in [-0.39, 0.29) is 6.04 Å². The molecule has 0 saturated carbocycles. The molecular weight excluding hydrogens is 336 g/mol. The number of methoxy groups -OCH3 is 1. The van der Waals surface area contributed by atoms with Crippen LogP contribution in [0.4, 0.5) is 0 Å². The molecule has 0 aliphatic heterocycles. The molecule has 0 amide bonds. The number of furan rings is 1. The van der Waals surface area contributed by atoms with Crippen LogP contribution in [0.15, 0.2) is 59.5 Å². The number of nitrogens with zero attached hydrogens (tertiary/aromatic N) is 4. The second-order valence-electron chi connectivity index (χ2n) is 5.51. The fourth-order valence-corrected chi connectivity index (χ4v) is 3.47. The lowest BCUT2D eigenvalue weighted by atomic mass is 10.2. The van der Waals surface area contributed by atoms with Crippen LogP contribution in [-0.2, 0) is 0 Å². The van der Waals surface area contributed by atoms with Gasteiger partial charge in [-0.15, -0.1) is 16.4 Å². The van der Waals surface area contributed by atoms with Crippen LogP contribution in [0.25, 0.3) is 21.1 Å². The maximum atomic E-state index is 5.44. The van der Waals surface area contributed by atoms with Crippen molar-refractivity contribution in [3.8, 4) is 26.9 Å². The Kier molecular flexibility index (Phi) is 4.07. The first kappa shape index (κ1) is 15.6. The van der Waals surface area contributed by atoms with Gasteiger partial charge in [-0.1, -0.05) is 17.3 Å². The van der Waals surface area contributed by atoms with Crippen LogP contribution in [0.5, 0.6) is 5.75 Å². The van der Waals surface area contributed by atoms with E-state index in [0.29, 0.717) is 0 Å². The van der Waals surface area contributed by atoms with Gasteiger partial charge in [0.2, 0.25) is 0 Å². The molecule has 1 atom stereocenters. The molecule has 4 aromatic rings. The molecule has 0 aliphatic carbocycles. The first-order valence-corrected chi connectivity index (χ1v) is 8.62. The van der Waals surface area contributed by atoms with Crippen molar-refractivity contribution in [3.63, 3.8) is 0 Å². The van der Waals surface area contributed by atoms with E-state index in [4.69, 9.17) is 9.15 Å². The van der Waals surface area contributed by atoms with E-state index in [9.17, 15) is 0 Å². The van der Waals surface area contributed by atoms with Crippen LogP contribution in [0.3, 0.4) is 0 Å². The number of aromatic nitrogens is 4. The maximum absolute atomic E-state index is 5.44. The molecule has 1 unspecified atom stereocenters. The molecule has 0 bridgehead atoms. The average molecular weight is 352 g/mol. The van der Waals surface area contributed by atoms with Crippen LogP contribution in [-0.4, -0.2) is 27.1 Å². The Morgan fingerprint density at radius 2 is 2.08 bits per heavy atom. The Labute approximate surface area is 148 Å². The molecule has 0 radical (unpaired) electrons. The van der Waals surface area contributed by atoms with E-state index in [1.54, 1.807) is 29.4 Å². The van der Waals surface area contributed by atoms with Crippen molar-refractivity contribution in [3.05, 3.63) is 60.8 Å². The van der Waals surface area contributed by atoms with Gasteiger partial charge < -0.3 is 9.15 Å². The maximum Gasteiger partial charge on any atom is 0.129 e. The second-order valence-corrected chi connectivity index (χ2v) is 6.54. The Morgan fingerprint density at radius 1 is 1.20 bits per heavy atom. The summed E-state index contributed by atoms with van der Waals surface area (Å²) in [6, 6.07) is 11.6. The summed E-state index contributed by atoms with van der Waals surface area (Å²) in [5.41, 5.74) is 1.76. The molecule has 0 aliphatic rings. The summed E-state index contributed by atoms with van der Waals surface area (Å²) >= 11 is 1.56. The Hall–Kier alpha value is -2.93. The summed E-state index contributed by atoms with van der Waals surface area (Å²) in [5, 5.41) is 9.39. The van der Waals surface area contributed by atoms with Gasteiger partial charge in [0.05, 0.1) is 30.0 Å². The molecule has 1 aromatic carbocycles. The van der Waals surface area contributed by atoms with Crippen LogP contribution >= 0.6 is 11.3 Å². The topological polar surface area (TPSA) is 66.0 Å². The summed E-state index contributed by atoms with van der Waals surface area (Å²) in [6.45, 7) is 2.02. The van der Waals surface area contributed by atoms with Crippen molar-refractivity contribution in [1.29, 1.82) is 0 Å². The van der Waals surface area contributed by atoms with Gasteiger partial charge in [-0.05, 0) is 31.2 Å². The van der Waals surface area contributed by atoms with Gasteiger partial charge in [0.1, 0.15) is 28.3 Å². The van der Waals surface area contributed by atoms with Crippen LogP contribution in [0.1, 0.15) is 18.7 Å². The third-order valence-corrected chi connectivity index (χ3v) is 5.01. The van der Waals surface area contributed by atoms with Crippen LogP contribution in [0, 0.1) is 0 Å². The second kappa shape index (κ2) is 6.52. The van der Waals surface area contributed by atoms with Gasteiger partial charge in [-0.25, -0.2) is 9.67 Å². The number of hydrogen-bond acceptors (Lipinski definition) is 6. The molecule has 3 aromatic heterocycles. The largest absolute Gasteiger partial charge is 0.496 e. The minimum absolute atomic E-state index is 0.0159. The van der Waals surface area contributed by atoms with Gasteiger partial charge in [0, 0.05) is 6.20 Å². The lowest BCUT2D eigenvalue weighted by Crippen LogP contribution is -2.06. The van der Waals surface area contributed by atoms with Crippen molar-refractivity contribution in [2.75, 3.05) is 7.11 Å². The minimum atomic E-state index is -0.0159. The predicted molar refractivity (Wildman–Crippen MR) is 95.6 cm³/mol. The molecule has 0 N–H and O–H groups in total. The fraction of sp³-hybridized carbons (Fsp3) is 0.167. The quantitative estimate of drug-likeness (QED) is 0.536. The van der Waals surface area contributed by atoms with E-state index >= 15 is 0 Å². The van der Waals surface area contributed by atoms with Crippen LogP contribution in [0.2, 0.25) is 0 Å². The van der Waals surface area contributed by atoms with Crippen molar-refractivity contribution < 1.29 is 9.15 Å². The summed E-state index contributed by atoms with van der Waals surface area (Å²) in [4.78, 5) is 5.48. The van der Waals surface area contributed by atoms with Gasteiger partial charge in [-0.2, -0.15) is 0 Å². The van der Waals surface area contributed by atoms with E-state index in [0.717, 1.165) is 32.7 Å². The van der Waals surface area contributed by atoms with Crippen LogP contribution < -0.4 is 4.74 Å². The standard InChI is InChI=1S/C18H16N4O2S/c1-12(15-8-5-9-24-15)22-11-14(20-21-22)17-10-19-18(25-17)13-6-3-4-7-16(13)23-2/h3-12H,1-2H3. The average Bonchev–Trinajstić information content (AvgIpc) is 3.42. The summed E-state index contributed by atoms with van der Waals surface area (Å²) in [6.07, 6.45) is 5.39. The van der Waals surface area contributed by atoms with Gasteiger partial charge >= 0.3 is 0 Å². The van der Waals surface area contributed by atoms with E-state index in [2.05, 4.69) is 15.3 Å². The third kappa shape index (κ3) is 2.94. The van der Waals surface area contributed by atoms with E-state index in [1.807, 2.05) is 55.7 Å². The first-order chi connectivity index (χ1) is 12.3. The molecule has 6 nitrogen and oxygen atoms in total. The number of hydrogen-bond donors (Lipinski definition) is 0. The van der Waals surface area contributed by atoms with Gasteiger partial charge in [0.25, 0.3) is 0 Å². The third-order valence-electron chi connectivity index (χ3n) is 3.96. The van der Waals surface area contributed by atoms with E-state index < -0.39 is 0 Å². The molecule has 4 rings (SSSR count). The molecule has 0 saturated heterocycles. The summed E-state index contributed by atoms with van der Waals surface area (Å²) in [5.74, 6) is 1.65. The van der Waals surface area contributed by atoms with Crippen molar-refractivity contribution in [2.45, 2.75) is 13.0 Å². The Balaban J connectivity index is 1.63. The normalized spacial score (nSPS) is 12.2. The number of thiazole rings is 1. The zero-order chi connectivity index (χ0) is 17.2. The Morgan fingerprint density at radius 3 is 2.88 bits per heavy atom. The summed E-state index contributed by atoms with van der Waals surface area (Å²) in [7, 11) is 1.66. The van der Waals surface area contributed by atoms with Crippen molar-refractivity contribution in [2.24, 2.45) is 0 Å². The lowest BCUT2D eigenvalue weighted by molar-refractivity contribution is 0.416. The number of rotatable bonds is 5. The molecule has 0 fully saturated rings. The molecule has 0 spiro atoms. The zero-order valence-electron chi connectivity index (χ0n) is 13.8. The predicted octanol–water partition coefficient (Wildman–Crippen LogP) is 4.28. The lowest BCUT2D eigenvalue weighted by Gasteiger charge is -2.06. The number of ether oxygens (including phenoxy) is 1. The monoisotopic (exact) mass is 352 g/mol. The van der Waals surface area contributed by atoms with Gasteiger partial charge in [0.15, 0.2) is 0 Å². The van der Waals surface area contributed by atoms with Gasteiger partial charge in [-0.3, -0.25) is 0 Å².